The monoisotopic (exact) mass is 483 g/mol. The molecule has 0 saturated heterocycles. The molecular weight excluding hydrogens is 467 g/mol. The van der Waals surface area contributed by atoms with E-state index in [-0.39, 0.29) is 16.5 Å². The predicted octanol–water partition coefficient (Wildman–Crippen LogP) is 4.27. The van der Waals surface area contributed by atoms with Gasteiger partial charge in [-0.05, 0) is 42.5 Å². The lowest BCUT2D eigenvalue weighted by Crippen LogP contribution is -2.41. The van der Waals surface area contributed by atoms with Crippen molar-refractivity contribution in [1.29, 1.82) is 0 Å². The van der Waals surface area contributed by atoms with Crippen molar-refractivity contribution in [1.82, 2.24) is 10.3 Å². The molecule has 168 valence electrons. The van der Waals surface area contributed by atoms with Gasteiger partial charge in [0.15, 0.2) is 0 Å². The average molecular weight is 484 g/mol. The summed E-state index contributed by atoms with van der Waals surface area (Å²) in [6, 6.07) is 14.4. The van der Waals surface area contributed by atoms with E-state index in [0.29, 0.717) is 16.1 Å². The van der Waals surface area contributed by atoms with Crippen molar-refractivity contribution in [2.24, 2.45) is 0 Å². The second-order valence-electron chi connectivity index (χ2n) is 6.59. The number of rotatable bonds is 7. The van der Waals surface area contributed by atoms with E-state index in [1.54, 1.807) is 24.3 Å². The van der Waals surface area contributed by atoms with E-state index in [9.17, 15) is 26.4 Å². The Balaban J connectivity index is 1.98. The van der Waals surface area contributed by atoms with Crippen molar-refractivity contribution in [3.8, 4) is 0 Å². The van der Waals surface area contributed by atoms with Crippen molar-refractivity contribution in [3.63, 3.8) is 0 Å². The van der Waals surface area contributed by atoms with E-state index in [2.05, 4.69) is 10.3 Å². The number of amides is 1. The number of pyridine rings is 1. The van der Waals surface area contributed by atoms with Crippen LogP contribution < -0.4 is 9.62 Å². The van der Waals surface area contributed by atoms with Gasteiger partial charge in [-0.15, -0.1) is 0 Å². The summed E-state index contributed by atoms with van der Waals surface area (Å²) >= 11 is 6.08. The van der Waals surface area contributed by atoms with Crippen LogP contribution in [-0.2, 0) is 27.5 Å². The molecule has 1 aromatic heterocycles. The summed E-state index contributed by atoms with van der Waals surface area (Å²) in [5, 5.41) is 2.26. The van der Waals surface area contributed by atoms with Gasteiger partial charge in [-0.25, -0.2) is 8.42 Å². The van der Waals surface area contributed by atoms with E-state index < -0.39 is 39.9 Å². The molecule has 1 amide bonds. The van der Waals surface area contributed by atoms with Crippen LogP contribution in [0.3, 0.4) is 0 Å². The summed E-state index contributed by atoms with van der Waals surface area (Å²) in [5.74, 6) is -0.747. The first-order valence-corrected chi connectivity index (χ1v) is 11.0. The Bertz CT molecular complexity index is 1190. The minimum atomic E-state index is -4.73. The van der Waals surface area contributed by atoms with Gasteiger partial charge in [0.2, 0.25) is 5.91 Å². The second-order valence-corrected chi connectivity index (χ2v) is 8.86. The molecule has 6 nitrogen and oxygen atoms in total. The number of carbonyl (C=O) groups is 1. The summed E-state index contributed by atoms with van der Waals surface area (Å²) in [6.07, 6.45) is -3.21. The van der Waals surface area contributed by atoms with Gasteiger partial charge in [-0.3, -0.25) is 14.1 Å². The lowest BCUT2D eigenvalue weighted by molar-refractivity contribution is -0.137. The number of alkyl halides is 3. The largest absolute Gasteiger partial charge is 0.416 e. The lowest BCUT2D eigenvalue weighted by atomic mass is 10.2. The standard InChI is InChI=1S/C21H17ClF3N3O3S/c22-18-10-9-15(21(23,24)25)12-19(18)28(32(30,31)17-7-2-1-3-8-17)14-20(29)27-13-16-6-4-5-11-26-16/h1-12H,13-14H2,(H,27,29). The van der Waals surface area contributed by atoms with Crippen LogP contribution in [0, 0.1) is 0 Å². The van der Waals surface area contributed by atoms with E-state index in [4.69, 9.17) is 11.6 Å². The van der Waals surface area contributed by atoms with E-state index in [1.807, 2.05) is 0 Å². The normalized spacial score (nSPS) is 11.8. The third-order valence-electron chi connectivity index (χ3n) is 4.35. The number of aromatic nitrogens is 1. The van der Waals surface area contributed by atoms with Crippen LogP contribution in [0.25, 0.3) is 0 Å². The molecule has 32 heavy (non-hydrogen) atoms. The zero-order valence-corrected chi connectivity index (χ0v) is 18.0. The maximum Gasteiger partial charge on any atom is 0.416 e. The highest BCUT2D eigenvalue weighted by atomic mass is 35.5. The Hall–Kier alpha value is -3.11. The summed E-state index contributed by atoms with van der Waals surface area (Å²) in [7, 11) is -4.41. The van der Waals surface area contributed by atoms with Crippen molar-refractivity contribution >= 4 is 33.2 Å². The topological polar surface area (TPSA) is 79.4 Å². The number of sulfonamides is 1. The summed E-state index contributed by atoms with van der Waals surface area (Å²) in [6.45, 7) is -0.777. The Morgan fingerprint density at radius 2 is 1.72 bits per heavy atom. The lowest BCUT2D eigenvalue weighted by Gasteiger charge is -2.25. The fourth-order valence-corrected chi connectivity index (χ4v) is 4.50. The molecule has 0 aliphatic carbocycles. The van der Waals surface area contributed by atoms with Gasteiger partial charge in [0.05, 0.1) is 33.4 Å². The first-order valence-electron chi connectivity index (χ1n) is 9.20. The molecule has 0 bridgehead atoms. The van der Waals surface area contributed by atoms with Crippen molar-refractivity contribution in [2.75, 3.05) is 10.8 Å². The third kappa shape index (κ3) is 5.57. The van der Waals surface area contributed by atoms with Gasteiger partial charge < -0.3 is 5.32 Å². The third-order valence-corrected chi connectivity index (χ3v) is 6.45. The molecule has 1 heterocycles. The van der Waals surface area contributed by atoms with E-state index >= 15 is 0 Å². The second kappa shape index (κ2) is 9.58. The summed E-state index contributed by atoms with van der Waals surface area (Å²) in [5.41, 5.74) is -1.03. The number of hydrogen-bond donors (Lipinski definition) is 1. The van der Waals surface area contributed by atoms with Gasteiger partial charge >= 0.3 is 6.18 Å². The van der Waals surface area contributed by atoms with Gasteiger partial charge in [0.1, 0.15) is 6.54 Å². The molecule has 0 aliphatic rings. The fourth-order valence-electron chi connectivity index (χ4n) is 2.78. The van der Waals surface area contributed by atoms with Gasteiger partial charge in [-0.2, -0.15) is 13.2 Å². The highest BCUT2D eigenvalue weighted by Crippen LogP contribution is 2.37. The molecule has 0 aliphatic heterocycles. The van der Waals surface area contributed by atoms with Crippen molar-refractivity contribution < 1.29 is 26.4 Å². The molecule has 0 unspecified atom stereocenters. The molecule has 0 atom stereocenters. The number of benzene rings is 2. The average Bonchev–Trinajstić information content (AvgIpc) is 2.77. The summed E-state index contributed by atoms with van der Waals surface area (Å²) in [4.78, 5) is 16.4. The highest BCUT2D eigenvalue weighted by molar-refractivity contribution is 7.92. The number of hydrogen-bond acceptors (Lipinski definition) is 4. The highest BCUT2D eigenvalue weighted by Gasteiger charge is 2.34. The maximum absolute atomic E-state index is 13.3. The number of anilines is 1. The smallest absolute Gasteiger partial charge is 0.349 e. The molecular formula is C21H17ClF3N3O3S. The number of halogens is 4. The molecule has 3 aromatic rings. The summed E-state index contributed by atoms with van der Waals surface area (Å²) < 4.78 is 66.8. The zero-order valence-electron chi connectivity index (χ0n) is 16.4. The van der Waals surface area contributed by atoms with E-state index in [0.717, 1.165) is 12.1 Å². The van der Waals surface area contributed by atoms with Crippen LogP contribution in [-0.4, -0.2) is 25.9 Å². The van der Waals surface area contributed by atoms with Crippen LogP contribution in [0.15, 0.2) is 77.8 Å². The van der Waals surface area contributed by atoms with Crippen LogP contribution in [0.4, 0.5) is 18.9 Å². The zero-order chi connectivity index (χ0) is 23.4. The Morgan fingerprint density at radius 1 is 1.03 bits per heavy atom. The van der Waals surface area contributed by atoms with Gasteiger partial charge in [-0.1, -0.05) is 35.9 Å². The molecule has 0 spiro atoms. The molecule has 0 saturated carbocycles. The number of nitrogens with zero attached hydrogens (tertiary/aromatic N) is 2. The Labute approximate surface area is 187 Å². The molecule has 2 aromatic carbocycles. The van der Waals surface area contributed by atoms with Crippen LogP contribution in [0.5, 0.6) is 0 Å². The first-order chi connectivity index (χ1) is 15.1. The van der Waals surface area contributed by atoms with Crippen LogP contribution in [0.2, 0.25) is 5.02 Å². The minimum Gasteiger partial charge on any atom is -0.349 e. The van der Waals surface area contributed by atoms with Crippen LogP contribution in [0.1, 0.15) is 11.3 Å². The predicted molar refractivity (Wildman–Crippen MR) is 114 cm³/mol. The van der Waals surface area contributed by atoms with Gasteiger partial charge in [0.25, 0.3) is 10.0 Å². The first kappa shape index (κ1) is 23.6. The maximum atomic E-state index is 13.3. The SMILES string of the molecule is O=C(CN(c1cc(C(F)(F)F)ccc1Cl)S(=O)(=O)c1ccccc1)NCc1ccccn1. The number of carbonyl (C=O) groups excluding carboxylic acids is 1. The van der Waals surface area contributed by atoms with E-state index in [1.165, 1.54) is 30.5 Å². The van der Waals surface area contributed by atoms with Crippen molar-refractivity contribution in [3.05, 3.63) is 89.2 Å². The molecule has 0 radical (unpaired) electrons. The van der Waals surface area contributed by atoms with Crippen LogP contribution >= 0.6 is 11.6 Å². The quantitative estimate of drug-likeness (QED) is 0.544. The molecule has 0 fully saturated rings. The van der Waals surface area contributed by atoms with Gasteiger partial charge in [0, 0.05) is 6.20 Å². The van der Waals surface area contributed by atoms with Crippen molar-refractivity contribution in [2.45, 2.75) is 17.6 Å². The molecule has 1 N–H and O–H groups in total. The fraction of sp³-hybridized carbons (Fsp3) is 0.143. The number of nitrogens with one attached hydrogen (secondary N) is 1. The minimum absolute atomic E-state index is 0.00915. The Kier molecular flexibility index (Phi) is 7.05. The molecule has 11 heteroatoms. The Morgan fingerprint density at radius 3 is 2.34 bits per heavy atom. The molecule has 3 rings (SSSR count).